The SMILES string of the molecule is C=C(C)CCO[C@@H](CO)c1cc(F)ccc1OC. The van der Waals surface area contributed by atoms with Gasteiger partial charge in [0.25, 0.3) is 0 Å². The van der Waals surface area contributed by atoms with Crippen LogP contribution in [0.4, 0.5) is 4.39 Å². The zero-order chi connectivity index (χ0) is 13.5. The van der Waals surface area contributed by atoms with Gasteiger partial charge in [-0.05, 0) is 31.5 Å². The van der Waals surface area contributed by atoms with Gasteiger partial charge in [0, 0.05) is 5.56 Å². The third-order valence-corrected chi connectivity index (χ3v) is 2.55. The molecule has 1 aromatic carbocycles. The van der Waals surface area contributed by atoms with Gasteiger partial charge in [0.15, 0.2) is 0 Å². The average molecular weight is 254 g/mol. The maximum atomic E-state index is 13.2. The molecule has 0 radical (unpaired) electrons. The summed E-state index contributed by atoms with van der Waals surface area (Å²) in [7, 11) is 1.50. The van der Waals surface area contributed by atoms with Crippen molar-refractivity contribution in [1.82, 2.24) is 0 Å². The Hall–Kier alpha value is -1.39. The van der Waals surface area contributed by atoms with Crippen molar-refractivity contribution in [1.29, 1.82) is 0 Å². The van der Waals surface area contributed by atoms with Crippen molar-refractivity contribution in [2.45, 2.75) is 19.4 Å². The van der Waals surface area contributed by atoms with E-state index in [2.05, 4.69) is 6.58 Å². The van der Waals surface area contributed by atoms with Gasteiger partial charge in [-0.25, -0.2) is 4.39 Å². The van der Waals surface area contributed by atoms with Gasteiger partial charge in [-0.1, -0.05) is 5.57 Å². The summed E-state index contributed by atoms with van der Waals surface area (Å²) in [5, 5.41) is 9.33. The lowest BCUT2D eigenvalue weighted by atomic mass is 10.1. The molecule has 1 N–H and O–H groups in total. The average Bonchev–Trinajstić information content (AvgIpc) is 2.34. The van der Waals surface area contributed by atoms with Gasteiger partial charge in [0.2, 0.25) is 0 Å². The fourth-order valence-corrected chi connectivity index (χ4v) is 1.57. The second-order valence-corrected chi connectivity index (χ2v) is 4.14. The molecule has 0 saturated heterocycles. The number of benzene rings is 1. The smallest absolute Gasteiger partial charge is 0.124 e. The normalized spacial score (nSPS) is 12.2. The predicted molar refractivity (Wildman–Crippen MR) is 68.2 cm³/mol. The van der Waals surface area contributed by atoms with E-state index in [0.29, 0.717) is 24.3 Å². The first-order valence-electron chi connectivity index (χ1n) is 5.78. The number of hydrogen-bond donors (Lipinski definition) is 1. The molecule has 100 valence electrons. The Morgan fingerprint density at radius 1 is 1.50 bits per heavy atom. The Bertz CT molecular complexity index is 404. The van der Waals surface area contributed by atoms with Gasteiger partial charge in [-0.15, -0.1) is 6.58 Å². The summed E-state index contributed by atoms with van der Waals surface area (Å²) in [6.45, 7) is 5.88. The van der Waals surface area contributed by atoms with Crippen LogP contribution < -0.4 is 4.74 Å². The molecule has 1 aromatic rings. The van der Waals surface area contributed by atoms with E-state index < -0.39 is 6.10 Å². The Balaban J connectivity index is 2.80. The number of hydrogen-bond acceptors (Lipinski definition) is 3. The van der Waals surface area contributed by atoms with Crippen LogP contribution in [0.3, 0.4) is 0 Å². The van der Waals surface area contributed by atoms with Crippen LogP contribution in [-0.4, -0.2) is 25.4 Å². The highest BCUT2D eigenvalue weighted by atomic mass is 19.1. The molecule has 3 nitrogen and oxygen atoms in total. The van der Waals surface area contributed by atoms with E-state index >= 15 is 0 Å². The van der Waals surface area contributed by atoms with Crippen molar-refractivity contribution >= 4 is 0 Å². The first kappa shape index (κ1) is 14.7. The molecular formula is C14H19FO3. The molecule has 1 atom stereocenters. The molecule has 0 aliphatic rings. The highest BCUT2D eigenvalue weighted by Gasteiger charge is 2.16. The molecule has 18 heavy (non-hydrogen) atoms. The lowest BCUT2D eigenvalue weighted by Gasteiger charge is -2.18. The molecule has 0 fully saturated rings. The summed E-state index contributed by atoms with van der Waals surface area (Å²) < 4.78 is 23.9. The molecule has 0 aliphatic heterocycles. The quantitative estimate of drug-likeness (QED) is 0.760. The molecule has 0 heterocycles. The molecule has 0 aliphatic carbocycles. The van der Waals surface area contributed by atoms with E-state index in [1.165, 1.54) is 25.3 Å². The summed E-state index contributed by atoms with van der Waals surface area (Å²) in [6, 6.07) is 4.15. The lowest BCUT2D eigenvalue weighted by molar-refractivity contribution is 0.0118. The predicted octanol–water partition coefficient (Wildman–Crippen LogP) is 2.85. The Labute approximate surface area is 107 Å². The van der Waals surface area contributed by atoms with E-state index in [-0.39, 0.29) is 12.4 Å². The number of rotatable bonds is 7. The first-order valence-corrected chi connectivity index (χ1v) is 5.78. The number of ether oxygens (including phenoxy) is 2. The second kappa shape index (κ2) is 7.13. The van der Waals surface area contributed by atoms with Gasteiger partial charge < -0.3 is 14.6 Å². The fourth-order valence-electron chi connectivity index (χ4n) is 1.57. The molecule has 1 rings (SSSR count). The monoisotopic (exact) mass is 254 g/mol. The molecule has 0 unspecified atom stereocenters. The van der Waals surface area contributed by atoms with Gasteiger partial charge >= 0.3 is 0 Å². The van der Waals surface area contributed by atoms with Gasteiger partial charge in [-0.3, -0.25) is 0 Å². The summed E-state index contributed by atoms with van der Waals surface area (Å²) in [6.07, 6.45) is 0.115. The fraction of sp³-hybridized carbons (Fsp3) is 0.429. The third-order valence-electron chi connectivity index (χ3n) is 2.55. The molecule has 0 bridgehead atoms. The van der Waals surface area contributed by atoms with E-state index in [4.69, 9.17) is 9.47 Å². The Morgan fingerprint density at radius 3 is 2.78 bits per heavy atom. The third kappa shape index (κ3) is 4.13. The van der Waals surface area contributed by atoms with Crippen molar-refractivity contribution in [3.63, 3.8) is 0 Å². The number of aliphatic hydroxyl groups is 1. The van der Waals surface area contributed by atoms with Gasteiger partial charge in [0.05, 0.1) is 20.3 Å². The molecular weight excluding hydrogens is 235 g/mol. The van der Waals surface area contributed by atoms with E-state index in [1.807, 2.05) is 6.92 Å². The van der Waals surface area contributed by atoms with Crippen molar-refractivity contribution in [2.24, 2.45) is 0 Å². The molecule has 0 saturated carbocycles. The van der Waals surface area contributed by atoms with Gasteiger partial charge in [0.1, 0.15) is 17.7 Å². The van der Waals surface area contributed by atoms with Crippen LogP contribution in [0.1, 0.15) is 25.0 Å². The van der Waals surface area contributed by atoms with Crippen LogP contribution in [0.15, 0.2) is 30.4 Å². The van der Waals surface area contributed by atoms with Crippen LogP contribution >= 0.6 is 0 Å². The standard InChI is InChI=1S/C14H19FO3/c1-10(2)6-7-18-14(9-16)12-8-11(15)4-5-13(12)17-3/h4-5,8,14,16H,1,6-7,9H2,2-3H3/t14-/m0/s1. The van der Waals surface area contributed by atoms with E-state index in [0.717, 1.165) is 5.57 Å². The second-order valence-electron chi connectivity index (χ2n) is 4.14. The van der Waals surface area contributed by atoms with Crippen molar-refractivity contribution < 1.29 is 19.0 Å². The molecule has 0 amide bonds. The van der Waals surface area contributed by atoms with Crippen LogP contribution in [0.2, 0.25) is 0 Å². The highest BCUT2D eigenvalue weighted by molar-refractivity contribution is 5.35. The van der Waals surface area contributed by atoms with Crippen LogP contribution in [0.25, 0.3) is 0 Å². The summed E-state index contributed by atoms with van der Waals surface area (Å²) in [4.78, 5) is 0. The van der Waals surface area contributed by atoms with Crippen LogP contribution in [0.5, 0.6) is 5.75 Å². The summed E-state index contributed by atoms with van der Waals surface area (Å²) >= 11 is 0. The van der Waals surface area contributed by atoms with Gasteiger partial charge in [-0.2, -0.15) is 0 Å². The zero-order valence-electron chi connectivity index (χ0n) is 10.8. The zero-order valence-corrected chi connectivity index (χ0v) is 10.8. The number of aliphatic hydroxyl groups excluding tert-OH is 1. The van der Waals surface area contributed by atoms with E-state index in [9.17, 15) is 9.50 Å². The largest absolute Gasteiger partial charge is 0.496 e. The molecule has 4 heteroatoms. The Morgan fingerprint density at radius 2 is 2.22 bits per heavy atom. The number of halogens is 1. The summed E-state index contributed by atoms with van der Waals surface area (Å²) in [5.41, 5.74) is 1.51. The highest BCUT2D eigenvalue weighted by Crippen LogP contribution is 2.28. The molecule has 0 aromatic heterocycles. The topological polar surface area (TPSA) is 38.7 Å². The Kier molecular flexibility index (Phi) is 5.82. The van der Waals surface area contributed by atoms with Crippen molar-refractivity contribution in [2.75, 3.05) is 20.3 Å². The van der Waals surface area contributed by atoms with Crippen molar-refractivity contribution in [3.05, 3.63) is 41.7 Å². The maximum absolute atomic E-state index is 13.2. The first-order chi connectivity index (χ1) is 8.58. The minimum absolute atomic E-state index is 0.226. The molecule has 0 spiro atoms. The van der Waals surface area contributed by atoms with Crippen LogP contribution in [0, 0.1) is 5.82 Å². The lowest BCUT2D eigenvalue weighted by Crippen LogP contribution is -2.11. The maximum Gasteiger partial charge on any atom is 0.124 e. The van der Waals surface area contributed by atoms with Crippen LogP contribution in [-0.2, 0) is 4.74 Å². The van der Waals surface area contributed by atoms with Crippen molar-refractivity contribution in [3.8, 4) is 5.75 Å². The number of methoxy groups -OCH3 is 1. The minimum Gasteiger partial charge on any atom is -0.496 e. The van der Waals surface area contributed by atoms with E-state index in [1.54, 1.807) is 0 Å². The minimum atomic E-state index is -0.588. The summed E-state index contributed by atoms with van der Waals surface area (Å²) in [5.74, 6) is 0.124.